The molecule has 1 saturated heterocycles. The minimum Gasteiger partial charge on any atom is -0.332 e. The second-order valence-corrected chi connectivity index (χ2v) is 8.11. The number of hydrogen-bond acceptors (Lipinski definition) is 1. The smallest absolute Gasteiger partial charge is 0.256 e. The fourth-order valence-corrected chi connectivity index (χ4v) is 4.31. The highest BCUT2D eigenvalue weighted by Crippen LogP contribution is 2.30. The highest BCUT2D eigenvalue weighted by molar-refractivity contribution is 5.97. The fourth-order valence-electron chi connectivity index (χ4n) is 4.31. The third kappa shape index (κ3) is 3.90. The Kier molecular flexibility index (Phi) is 5.73. The molecule has 0 bridgehead atoms. The first-order valence-electron chi connectivity index (χ1n) is 10.7. The maximum atomic E-state index is 13.5. The molecule has 30 heavy (non-hydrogen) atoms. The number of carbonyl (C=O) groups excluding carboxylic acids is 1. The first-order chi connectivity index (χ1) is 14.5. The van der Waals surface area contributed by atoms with Gasteiger partial charge in [-0.15, -0.1) is 0 Å². The second kappa shape index (κ2) is 8.44. The minimum absolute atomic E-state index is 0.0809. The van der Waals surface area contributed by atoms with E-state index in [1.54, 1.807) is 17.0 Å². The van der Waals surface area contributed by atoms with Crippen LogP contribution in [-0.2, 0) is 0 Å². The van der Waals surface area contributed by atoms with Crippen LogP contribution >= 0.6 is 0 Å². The summed E-state index contributed by atoms with van der Waals surface area (Å²) in [5, 5.41) is 0. The van der Waals surface area contributed by atoms with Crippen molar-refractivity contribution in [1.82, 2.24) is 9.47 Å². The van der Waals surface area contributed by atoms with Crippen molar-refractivity contribution in [2.75, 3.05) is 32.7 Å². The fraction of sp³-hybridized carbons (Fsp3) is 0.320. The summed E-state index contributed by atoms with van der Waals surface area (Å²) < 4.78 is 15.6. The number of amides is 1. The molecule has 0 aliphatic carbocycles. The van der Waals surface area contributed by atoms with E-state index >= 15 is 0 Å². The monoisotopic (exact) mass is 406 g/mol. The third-order valence-electron chi connectivity index (χ3n) is 6.14. The van der Waals surface area contributed by atoms with Crippen molar-refractivity contribution < 1.29 is 14.1 Å². The summed E-state index contributed by atoms with van der Waals surface area (Å²) in [6.45, 7) is 10.9. The van der Waals surface area contributed by atoms with Gasteiger partial charge in [0, 0.05) is 11.4 Å². The number of piperazine rings is 1. The largest absolute Gasteiger partial charge is 0.332 e. The lowest BCUT2D eigenvalue weighted by Gasteiger charge is -2.31. The predicted molar refractivity (Wildman–Crippen MR) is 118 cm³/mol. The topological polar surface area (TPSA) is 29.7 Å². The second-order valence-electron chi connectivity index (χ2n) is 8.11. The molecule has 0 atom stereocenters. The Morgan fingerprint density at radius 1 is 1.03 bits per heavy atom. The molecule has 2 heterocycles. The molecule has 1 aromatic heterocycles. The van der Waals surface area contributed by atoms with E-state index in [0.29, 0.717) is 0 Å². The number of halogens is 1. The van der Waals surface area contributed by atoms with Crippen molar-refractivity contribution >= 4 is 5.91 Å². The SMILES string of the molecule is CC[NH+]1CCN(C(=O)c2cc(-c3ccc(F)cc3)n(-c3cccc(C)c3)c2C)CC1. The molecule has 0 unspecified atom stereocenters. The van der Waals surface area contributed by atoms with Gasteiger partial charge in [0.25, 0.3) is 5.91 Å². The van der Waals surface area contributed by atoms with Crippen LogP contribution < -0.4 is 4.90 Å². The van der Waals surface area contributed by atoms with E-state index in [1.807, 2.05) is 30.0 Å². The van der Waals surface area contributed by atoms with E-state index < -0.39 is 0 Å². The van der Waals surface area contributed by atoms with Crippen molar-refractivity contribution in [2.45, 2.75) is 20.8 Å². The molecule has 156 valence electrons. The highest BCUT2D eigenvalue weighted by atomic mass is 19.1. The van der Waals surface area contributed by atoms with Crippen molar-refractivity contribution in [3.05, 3.63) is 77.2 Å². The van der Waals surface area contributed by atoms with Crippen LogP contribution in [0, 0.1) is 19.7 Å². The van der Waals surface area contributed by atoms with Gasteiger partial charge in [-0.2, -0.15) is 0 Å². The van der Waals surface area contributed by atoms with E-state index in [0.717, 1.165) is 66.5 Å². The van der Waals surface area contributed by atoms with Crippen LogP contribution in [0.3, 0.4) is 0 Å². The predicted octanol–water partition coefficient (Wildman–Crippen LogP) is 3.26. The van der Waals surface area contributed by atoms with Crippen molar-refractivity contribution in [3.8, 4) is 16.9 Å². The summed E-state index contributed by atoms with van der Waals surface area (Å²) in [7, 11) is 0. The Labute approximate surface area is 177 Å². The maximum absolute atomic E-state index is 13.5. The van der Waals surface area contributed by atoms with Crippen LogP contribution in [0.15, 0.2) is 54.6 Å². The molecular formula is C25H29FN3O+. The van der Waals surface area contributed by atoms with Gasteiger partial charge in [0.2, 0.25) is 0 Å². The average Bonchev–Trinajstić information content (AvgIpc) is 3.11. The Morgan fingerprint density at radius 3 is 2.37 bits per heavy atom. The molecule has 2 aromatic carbocycles. The standard InChI is InChI=1S/C25H28FN3O/c1-4-27-12-14-28(15-13-27)25(30)23-17-24(20-8-10-21(26)11-9-20)29(19(23)3)22-7-5-6-18(2)16-22/h5-11,16-17H,4,12-15H2,1-3H3/p+1. The molecule has 4 rings (SSSR count). The zero-order chi connectivity index (χ0) is 21.3. The van der Waals surface area contributed by atoms with Crippen LogP contribution in [0.2, 0.25) is 0 Å². The summed E-state index contributed by atoms with van der Waals surface area (Å²) in [4.78, 5) is 16.9. The van der Waals surface area contributed by atoms with Gasteiger partial charge in [0.1, 0.15) is 5.82 Å². The Balaban J connectivity index is 1.78. The molecular weight excluding hydrogens is 377 g/mol. The number of aryl methyl sites for hydroxylation is 1. The average molecular weight is 407 g/mol. The van der Waals surface area contributed by atoms with Gasteiger partial charge in [-0.05, 0) is 74.4 Å². The summed E-state index contributed by atoms with van der Waals surface area (Å²) in [6, 6.07) is 16.7. The number of aromatic nitrogens is 1. The molecule has 0 saturated carbocycles. The molecule has 1 aliphatic heterocycles. The summed E-state index contributed by atoms with van der Waals surface area (Å²) >= 11 is 0. The zero-order valence-electron chi connectivity index (χ0n) is 17.9. The van der Waals surface area contributed by atoms with E-state index in [-0.39, 0.29) is 11.7 Å². The summed E-state index contributed by atoms with van der Waals surface area (Å²) in [5.41, 5.74) is 5.58. The lowest BCUT2D eigenvalue weighted by atomic mass is 10.1. The van der Waals surface area contributed by atoms with Gasteiger partial charge in [0.15, 0.2) is 0 Å². The van der Waals surface area contributed by atoms with E-state index in [9.17, 15) is 9.18 Å². The van der Waals surface area contributed by atoms with Gasteiger partial charge >= 0.3 is 0 Å². The molecule has 1 aliphatic rings. The molecule has 1 N–H and O–H groups in total. The van der Waals surface area contributed by atoms with Crippen LogP contribution in [0.25, 0.3) is 16.9 Å². The molecule has 1 fully saturated rings. The number of carbonyl (C=O) groups is 1. The number of benzene rings is 2. The Morgan fingerprint density at radius 2 is 1.73 bits per heavy atom. The molecule has 0 radical (unpaired) electrons. The first kappa shape index (κ1) is 20.4. The quantitative estimate of drug-likeness (QED) is 0.708. The van der Waals surface area contributed by atoms with Gasteiger partial charge < -0.3 is 14.4 Å². The van der Waals surface area contributed by atoms with Crippen LogP contribution in [-0.4, -0.2) is 48.1 Å². The molecule has 0 spiro atoms. The van der Waals surface area contributed by atoms with Gasteiger partial charge in [-0.1, -0.05) is 12.1 Å². The zero-order valence-corrected chi connectivity index (χ0v) is 17.9. The van der Waals surface area contributed by atoms with Crippen LogP contribution in [0.1, 0.15) is 28.5 Å². The van der Waals surface area contributed by atoms with E-state index in [1.165, 1.54) is 12.1 Å². The van der Waals surface area contributed by atoms with Crippen molar-refractivity contribution in [3.63, 3.8) is 0 Å². The van der Waals surface area contributed by atoms with Crippen molar-refractivity contribution in [1.29, 1.82) is 0 Å². The van der Waals surface area contributed by atoms with E-state index in [2.05, 4.69) is 30.5 Å². The Hall–Kier alpha value is -2.92. The number of nitrogens with zero attached hydrogens (tertiary/aromatic N) is 2. The Bertz CT molecular complexity index is 1050. The number of likely N-dealkylation sites (N-methyl/N-ethyl adjacent to an activating group) is 1. The summed E-state index contributed by atoms with van der Waals surface area (Å²) in [6.07, 6.45) is 0. The van der Waals surface area contributed by atoms with Gasteiger partial charge in [-0.3, -0.25) is 4.79 Å². The lowest BCUT2D eigenvalue weighted by molar-refractivity contribution is -0.902. The molecule has 5 heteroatoms. The van der Waals surface area contributed by atoms with Crippen molar-refractivity contribution in [2.24, 2.45) is 0 Å². The molecule has 1 amide bonds. The first-order valence-corrected chi connectivity index (χ1v) is 10.7. The maximum Gasteiger partial charge on any atom is 0.256 e. The highest BCUT2D eigenvalue weighted by Gasteiger charge is 2.27. The van der Waals surface area contributed by atoms with E-state index in [4.69, 9.17) is 0 Å². The minimum atomic E-state index is -0.267. The van der Waals surface area contributed by atoms with Gasteiger partial charge in [0.05, 0.1) is 44.0 Å². The molecule has 3 aromatic rings. The normalized spacial score (nSPS) is 14.9. The summed E-state index contributed by atoms with van der Waals surface area (Å²) in [5.74, 6) is -0.186. The number of quaternary nitrogens is 1. The van der Waals surface area contributed by atoms with Gasteiger partial charge in [-0.25, -0.2) is 4.39 Å². The molecule has 4 nitrogen and oxygen atoms in total. The van der Waals surface area contributed by atoms with Crippen LogP contribution in [0.4, 0.5) is 4.39 Å². The number of nitrogens with one attached hydrogen (secondary N) is 1. The number of rotatable bonds is 4. The third-order valence-corrected chi connectivity index (χ3v) is 6.14. The number of hydrogen-bond donors (Lipinski definition) is 1. The van der Waals surface area contributed by atoms with Crippen LogP contribution in [0.5, 0.6) is 0 Å². The lowest BCUT2D eigenvalue weighted by Crippen LogP contribution is -3.14.